The van der Waals surface area contributed by atoms with Crippen LogP contribution < -0.4 is 16.0 Å². The van der Waals surface area contributed by atoms with E-state index in [1.807, 2.05) is 36.4 Å². The molecule has 3 N–H and O–H groups in total. The number of para-hydroxylation sites is 1. The van der Waals surface area contributed by atoms with Gasteiger partial charge in [0.15, 0.2) is 5.69 Å². The molecule has 2 aromatic carbocycles. The third kappa shape index (κ3) is 5.68. The first-order valence-electron chi connectivity index (χ1n) is 10.8. The number of carbonyl (C=O) groups is 2. The number of rotatable bonds is 8. The summed E-state index contributed by atoms with van der Waals surface area (Å²) in [6, 6.07) is 19.2. The Kier molecular flexibility index (Phi) is 7.77. The van der Waals surface area contributed by atoms with Gasteiger partial charge in [0.25, 0.3) is 11.8 Å². The molecule has 0 unspecified atom stereocenters. The lowest BCUT2D eigenvalue weighted by Crippen LogP contribution is -2.30. The number of nitrogens with one attached hydrogen (secondary N) is 3. The fourth-order valence-electron chi connectivity index (χ4n) is 3.36. The van der Waals surface area contributed by atoms with Crippen LogP contribution in [0.15, 0.2) is 72.9 Å². The summed E-state index contributed by atoms with van der Waals surface area (Å²) in [5, 5.41) is 13.5. The van der Waals surface area contributed by atoms with Crippen LogP contribution >= 0.6 is 23.2 Å². The highest BCUT2D eigenvalue weighted by Crippen LogP contribution is 2.32. The van der Waals surface area contributed by atoms with Gasteiger partial charge >= 0.3 is 0 Å². The Balaban J connectivity index is 1.68. The molecule has 0 saturated carbocycles. The molecule has 0 saturated heterocycles. The smallest absolute Gasteiger partial charge is 0.271 e. The maximum absolute atomic E-state index is 13.3. The van der Waals surface area contributed by atoms with Gasteiger partial charge in [-0.1, -0.05) is 47.5 Å². The summed E-state index contributed by atoms with van der Waals surface area (Å²) in [4.78, 5) is 30.2. The van der Waals surface area contributed by atoms with E-state index in [-0.39, 0.29) is 22.2 Å². The molecule has 0 aliphatic heterocycles. The van der Waals surface area contributed by atoms with E-state index < -0.39 is 5.91 Å². The molecule has 0 aliphatic carbocycles. The number of hydrogen-bond acceptors (Lipinski definition) is 5. The minimum Gasteiger partial charge on any atom is -0.349 e. The van der Waals surface area contributed by atoms with E-state index >= 15 is 0 Å². The topological polar surface area (TPSA) is 101 Å². The second-order valence-electron chi connectivity index (χ2n) is 7.50. The Morgan fingerprint density at radius 1 is 0.914 bits per heavy atom. The van der Waals surface area contributed by atoms with Crippen molar-refractivity contribution in [2.45, 2.75) is 0 Å². The van der Waals surface area contributed by atoms with E-state index in [4.69, 9.17) is 23.2 Å². The van der Waals surface area contributed by atoms with Gasteiger partial charge < -0.3 is 16.0 Å². The summed E-state index contributed by atoms with van der Waals surface area (Å²) < 4.78 is 1.49. The fourth-order valence-corrected chi connectivity index (χ4v) is 3.93. The molecule has 2 amide bonds. The molecule has 4 rings (SSSR count). The quantitative estimate of drug-likeness (QED) is 0.305. The monoisotopic (exact) mass is 508 g/mol. The van der Waals surface area contributed by atoms with Crippen LogP contribution in [0.25, 0.3) is 16.9 Å². The standard InChI is InChI=1S/C25H22Cl2N6O2/c1-28-11-12-30-25(35)22-15-23(33(32-22)16-7-3-2-4-8-16)31-24(34)18-13-17(19(26)14-20(18)27)21-9-5-6-10-29-21/h2-10,13-15,28H,11-12H2,1H3,(H,30,35)(H,31,34). The normalized spacial score (nSPS) is 10.7. The van der Waals surface area contributed by atoms with Crippen LogP contribution in [0.4, 0.5) is 5.82 Å². The van der Waals surface area contributed by atoms with E-state index in [0.29, 0.717) is 40.9 Å². The molecule has 8 nitrogen and oxygen atoms in total. The number of nitrogens with zero attached hydrogens (tertiary/aromatic N) is 3. The Labute approximate surface area is 212 Å². The maximum atomic E-state index is 13.3. The number of hydrogen-bond donors (Lipinski definition) is 3. The van der Waals surface area contributed by atoms with E-state index in [1.54, 1.807) is 31.4 Å². The average Bonchev–Trinajstić information content (AvgIpc) is 3.29. The van der Waals surface area contributed by atoms with Gasteiger partial charge in [-0.05, 0) is 43.4 Å². The number of anilines is 1. The SMILES string of the molecule is CNCCNC(=O)c1cc(NC(=O)c2cc(-c3ccccn3)c(Cl)cc2Cl)n(-c2ccccc2)n1. The molecule has 2 heterocycles. The van der Waals surface area contributed by atoms with Crippen LogP contribution in [0, 0.1) is 0 Å². The van der Waals surface area contributed by atoms with Gasteiger partial charge in [0, 0.05) is 30.9 Å². The predicted octanol–water partition coefficient (Wildman–Crippen LogP) is 4.44. The summed E-state index contributed by atoms with van der Waals surface area (Å²) in [6.45, 7) is 1.05. The average molecular weight is 509 g/mol. The fraction of sp³-hybridized carbons (Fsp3) is 0.120. The number of amides is 2. The predicted molar refractivity (Wildman–Crippen MR) is 137 cm³/mol. The molecule has 0 bridgehead atoms. The van der Waals surface area contributed by atoms with Crippen LogP contribution in [0.1, 0.15) is 20.8 Å². The van der Waals surface area contributed by atoms with Crippen molar-refractivity contribution in [3.05, 3.63) is 94.2 Å². The second kappa shape index (κ2) is 11.1. The highest BCUT2D eigenvalue weighted by molar-refractivity contribution is 6.38. The molecule has 0 fully saturated rings. The van der Waals surface area contributed by atoms with E-state index in [2.05, 4.69) is 26.0 Å². The van der Waals surface area contributed by atoms with Crippen molar-refractivity contribution >= 4 is 40.8 Å². The number of benzene rings is 2. The van der Waals surface area contributed by atoms with E-state index in [9.17, 15) is 9.59 Å². The van der Waals surface area contributed by atoms with Crippen LogP contribution in [-0.2, 0) is 0 Å². The van der Waals surface area contributed by atoms with Crippen molar-refractivity contribution in [1.29, 1.82) is 0 Å². The van der Waals surface area contributed by atoms with Crippen molar-refractivity contribution in [1.82, 2.24) is 25.4 Å². The van der Waals surface area contributed by atoms with E-state index in [1.165, 1.54) is 16.8 Å². The molecular formula is C25H22Cl2N6O2. The Morgan fingerprint density at radius 2 is 1.69 bits per heavy atom. The Hall–Kier alpha value is -3.72. The lowest BCUT2D eigenvalue weighted by atomic mass is 10.1. The Bertz CT molecular complexity index is 1340. The first-order chi connectivity index (χ1) is 17.0. The number of halogens is 2. The van der Waals surface area contributed by atoms with Crippen molar-refractivity contribution in [3.8, 4) is 16.9 Å². The number of likely N-dealkylation sites (N-methyl/N-ethyl adjacent to an activating group) is 1. The zero-order valence-corrected chi connectivity index (χ0v) is 20.3. The summed E-state index contributed by atoms with van der Waals surface area (Å²) in [5.41, 5.74) is 2.23. The van der Waals surface area contributed by atoms with Gasteiger partial charge in [-0.2, -0.15) is 5.10 Å². The molecular weight excluding hydrogens is 487 g/mol. The van der Waals surface area contributed by atoms with Crippen LogP contribution in [0.2, 0.25) is 10.0 Å². The largest absolute Gasteiger partial charge is 0.349 e. The third-order valence-electron chi connectivity index (χ3n) is 5.09. The van der Waals surface area contributed by atoms with Crippen molar-refractivity contribution in [3.63, 3.8) is 0 Å². The van der Waals surface area contributed by atoms with Gasteiger partial charge in [-0.15, -0.1) is 0 Å². The van der Waals surface area contributed by atoms with Gasteiger partial charge in [-0.3, -0.25) is 14.6 Å². The highest BCUT2D eigenvalue weighted by atomic mass is 35.5. The van der Waals surface area contributed by atoms with Crippen molar-refractivity contribution in [2.75, 3.05) is 25.5 Å². The third-order valence-corrected chi connectivity index (χ3v) is 5.71. The molecule has 4 aromatic rings. The van der Waals surface area contributed by atoms with Gasteiger partial charge in [0.2, 0.25) is 0 Å². The van der Waals surface area contributed by atoms with E-state index in [0.717, 1.165) is 0 Å². The van der Waals surface area contributed by atoms with Gasteiger partial charge in [-0.25, -0.2) is 4.68 Å². The molecule has 0 aliphatic rings. The zero-order valence-electron chi connectivity index (χ0n) is 18.8. The number of pyridine rings is 1. The number of carbonyl (C=O) groups excluding carboxylic acids is 2. The molecule has 0 atom stereocenters. The van der Waals surface area contributed by atoms with Crippen molar-refractivity contribution in [2.24, 2.45) is 0 Å². The van der Waals surface area contributed by atoms with Crippen LogP contribution in [0.3, 0.4) is 0 Å². The molecule has 2 aromatic heterocycles. The lowest BCUT2D eigenvalue weighted by molar-refractivity contribution is 0.0948. The molecule has 10 heteroatoms. The van der Waals surface area contributed by atoms with Crippen LogP contribution in [-0.4, -0.2) is 46.7 Å². The Morgan fingerprint density at radius 3 is 2.40 bits per heavy atom. The van der Waals surface area contributed by atoms with Gasteiger partial charge in [0.05, 0.1) is 27.0 Å². The number of aromatic nitrogens is 3. The minimum absolute atomic E-state index is 0.164. The molecule has 0 radical (unpaired) electrons. The second-order valence-corrected chi connectivity index (χ2v) is 8.32. The highest BCUT2D eigenvalue weighted by Gasteiger charge is 2.20. The molecule has 178 valence electrons. The molecule has 0 spiro atoms. The molecule has 35 heavy (non-hydrogen) atoms. The maximum Gasteiger partial charge on any atom is 0.271 e. The first kappa shape index (κ1) is 24.4. The summed E-state index contributed by atoms with van der Waals surface area (Å²) in [7, 11) is 1.80. The lowest BCUT2D eigenvalue weighted by Gasteiger charge is -2.12. The summed E-state index contributed by atoms with van der Waals surface area (Å²) in [6.07, 6.45) is 1.64. The zero-order chi connectivity index (χ0) is 24.8. The first-order valence-corrected chi connectivity index (χ1v) is 11.5. The summed E-state index contributed by atoms with van der Waals surface area (Å²) in [5.74, 6) is -0.527. The van der Waals surface area contributed by atoms with Gasteiger partial charge in [0.1, 0.15) is 5.82 Å². The van der Waals surface area contributed by atoms with Crippen LogP contribution in [0.5, 0.6) is 0 Å². The minimum atomic E-state index is -0.483. The summed E-state index contributed by atoms with van der Waals surface area (Å²) >= 11 is 12.8. The van der Waals surface area contributed by atoms with Crippen molar-refractivity contribution < 1.29 is 9.59 Å².